The fourth-order valence-electron chi connectivity index (χ4n) is 4.30. The summed E-state index contributed by atoms with van der Waals surface area (Å²) in [7, 11) is 0. The van der Waals surface area contributed by atoms with E-state index in [0.29, 0.717) is 45.0 Å². The van der Waals surface area contributed by atoms with Crippen molar-refractivity contribution in [2.75, 3.05) is 26.2 Å². The second-order valence-electron chi connectivity index (χ2n) is 9.13. The molecular weight excluding hydrogens is 416 g/mol. The SMILES string of the molecule is O=C(CCc1nc2ccccc2[nH]1)N1CC(=O)N(Cc2ccccc2)C[C@H](OCC2CC2)C1. The highest BCUT2D eigenvalue weighted by atomic mass is 16.5. The highest BCUT2D eigenvalue weighted by Gasteiger charge is 2.32. The summed E-state index contributed by atoms with van der Waals surface area (Å²) in [5, 5.41) is 0. The molecule has 0 bridgehead atoms. The summed E-state index contributed by atoms with van der Waals surface area (Å²) >= 11 is 0. The number of para-hydroxylation sites is 2. The second-order valence-corrected chi connectivity index (χ2v) is 9.13. The normalized spacial score (nSPS) is 19.2. The number of carbonyl (C=O) groups excluding carboxylic acids is 2. The van der Waals surface area contributed by atoms with Crippen LogP contribution in [0, 0.1) is 5.92 Å². The van der Waals surface area contributed by atoms with E-state index in [9.17, 15) is 9.59 Å². The standard InChI is InChI=1S/C26H30N4O3/c31-25(13-12-24-27-22-8-4-5-9-23(22)28-24)30-16-21(33-18-20-10-11-20)15-29(26(32)17-30)14-19-6-2-1-3-7-19/h1-9,20-21H,10-18H2,(H,27,28)/t21-/m0/s1. The number of aromatic nitrogens is 2. The van der Waals surface area contributed by atoms with E-state index in [1.807, 2.05) is 59.5 Å². The molecule has 2 heterocycles. The van der Waals surface area contributed by atoms with Crippen molar-refractivity contribution >= 4 is 22.8 Å². The quantitative estimate of drug-likeness (QED) is 0.577. The minimum absolute atomic E-state index is 0.0338. The molecule has 0 radical (unpaired) electrons. The van der Waals surface area contributed by atoms with Crippen LogP contribution in [-0.4, -0.2) is 63.9 Å². The zero-order valence-corrected chi connectivity index (χ0v) is 18.8. The third-order valence-electron chi connectivity index (χ3n) is 6.37. The molecule has 0 unspecified atom stereocenters. The van der Waals surface area contributed by atoms with Gasteiger partial charge >= 0.3 is 0 Å². The molecule has 2 amide bonds. The van der Waals surface area contributed by atoms with Gasteiger partial charge in [-0.25, -0.2) is 4.98 Å². The lowest BCUT2D eigenvalue weighted by Crippen LogP contribution is -2.40. The van der Waals surface area contributed by atoms with Crippen LogP contribution in [0.2, 0.25) is 0 Å². The average molecular weight is 447 g/mol. The van der Waals surface area contributed by atoms with Crippen LogP contribution in [-0.2, 0) is 27.3 Å². The topological polar surface area (TPSA) is 78.5 Å². The highest BCUT2D eigenvalue weighted by molar-refractivity contribution is 5.85. The van der Waals surface area contributed by atoms with Gasteiger partial charge in [0.2, 0.25) is 11.8 Å². The Bertz CT molecular complexity index is 1080. The molecule has 33 heavy (non-hydrogen) atoms. The number of aromatic amines is 1. The van der Waals surface area contributed by atoms with E-state index in [1.54, 1.807) is 4.90 Å². The molecule has 1 aromatic heterocycles. The predicted octanol–water partition coefficient (Wildman–Crippen LogP) is 3.16. The number of hydrogen-bond donors (Lipinski definition) is 1. The minimum Gasteiger partial charge on any atom is -0.374 e. The van der Waals surface area contributed by atoms with E-state index in [-0.39, 0.29) is 24.5 Å². The summed E-state index contributed by atoms with van der Waals surface area (Å²) in [4.78, 5) is 37.5. The van der Waals surface area contributed by atoms with Gasteiger partial charge < -0.3 is 19.5 Å². The van der Waals surface area contributed by atoms with Crippen LogP contribution in [0.5, 0.6) is 0 Å². The molecule has 172 valence electrons. The lowest BCUT2D eigenvalue weighted by Gasteiger charge is -2.25. The molecule has 2 aromatic carbocycles. The average Bonchev–Trinajstić information content (AvgIpc) is 3.59. The van der Waals surface area contributed by atoms with Crippen molar-refractivity contribution in [3.8, 4) is 0 Å². The number of fused-ring (bicyclic) bond motifs is 1. The number of amides is 2. The number of nitrogens with one attached hydrogen (secondary N) is 1. The Morgan fingerprint density at radius 1 is 1.06 bits per heavy atom. The third kappa shape index (κ3) is 5.60. The van der Waals surface area contributed by atoms with Gasteiger partial charge in [0.15, 0.2) is 0 Å². The van der Waals surface area contributed by atoms with Crippen LogP contribution in [0.25, 0.3) is 11.0 Å². The van der Waals surface area contributed by atoms with Crippen LogP contribution in [0.4, 0.5) is 0 Å². The Kier molecular flexibility index (Phi) is 6.39. The molecule has 1 saturated heterocycles. The fraction of sp³-hybridized carbons (Fsp3) is 0.423. The molecule has 1 N–H and O–H groups in total. The summed E-state index contributed by atoms with van der Waals surface area (Å²) < 4.78 is 6.18. The van der Waals surface area contributed by atoms with Gasteiger partial charge in [0, 0.05) is 39.1 Å². The smallest absolute Gasteiger partial charge is 0.242 e. The summed E-state index contributed by atoms with van der Waals surface area (Å²) in [5.74, 6) is 1.35. The fourth-order valence-corrected chi connectivity index (χ4v) is 4.30. The molecule has 7 heteroatoms. The highest BCUT2D eigenvalue weighted by Crippen LogP contribution is 2.29. The van der Waals surface area contributed by atoms with E-state index in [1.165, 1.54) is 12.8 Å². The molecule has 2 aliphatic rings. The molecule has 2 fully saturated rings. The van der Waals surface area contributed by atoms with Gasteiger partial charge in [0.05, 0.1) is 23.7 Å². The molecule has 5 rings (SSSR count). The molecule has 1 aliphatic heterocycles. The van der Waals surface area contributed by atoms with Crippen molar-refractivity contribution in [3.63, 3.8) is 0 Å². The lowest BCUT2D eigenvalue weighted by atomic mass is 10.2. The maximum absolute atomic E-state index is 13.1. The first-order valence-corrected chi connectivity index (χ1v) is 11.8. The van der Waals surface area contributed by atoms with Crippen LogP contribution < -0.4 is 0 Å². The number of rotatable bonds is 8. The molecular formula is C26H30N4O3. The first-order valence-electron chi connectivity index (χ1n) is 11.8. The van der Waals surface area contributed by atoms with Gasteiger partial charge in [-0.05, 0) is 36.5 Å². The van der Waals surface area contributed by atoms with Crippen molar-refractivity contribution in [1.29, 1.82) is 0 Å². The van der Waals surface area contributed by atoms with Crippen LogP contribution in [0.3, 0.4) is 0 Å². The van der Waals surface area contributed by atoms with Gasteiger partial charge in [0.25, 0.3) is 0 Å². The number of carbonyl (C=O) groups is 2. The second kappa shape index (κ2) is 9.75. The molecule has 7 nitrogen and oxygen atoms in total. The maximum atomic E-state index is 13.1. The summed E-state index contributed by atoms with van der Waals surface area (Å²) in [6.07, 6.45) is 3.07. The Morgan fingerprint density at radius 2 is 1.85 bits per heavy atom. The monoisotopic (exact) mass is 446 g/mol. The van der Waals surface area contributed by atoms with Crippen molar-refractivity contribution in [2.24, 2.45) is 5.92 Å². The third-order valence-corrected chi connectivity index (χ3v) is 6.37. The van der Waals surface area contributed by atoms with E-state index < -0.39 is 0 Å². The first kappa shape index (κ1) is 21.6. The molecule has 1 atom stereocenters. The zero-order chi connectivity index (χ0) is 22.6. The van der Waals surface area contributed by atoms with E-state index in [4.69, 9.17) is 4.74 Å². The first-order chi connectivity index (χ1) is 16.1. The van der Waals surface area contributed by atoms with Gasteiger partial charge in [-0.3, -0.25) is 9.59 Å². The van der Waals surface area contributed by atoms with Crippen LogP contribution >= 0.6 is 0 Å². The molecule has 0 spiro atoms. The predicted molar refractivity (Wildman–Crippen MR) is 125 cm³/mol. The maximum Gasteiger partial charge on any atom is 0.242 e. The number of benzene rings is 2. The van der Waals surface area contributed by atoms with Crippen LogP contribution in [0.1, 0.15) is 30.7 Å². The number of ether oxygens (including phenoxy) is 1. The molecule has 1 saturated carbocycles. The van der Waals surface area contributed by atoms with Crippen molar-refractivity contribution in [3.05, 3.63) is 66.0 Å². The number of H-pyrrole nitrogens is 1. The number of imidazole rings is 1. The zero-order valence-electron chi connectivity index (χ0n) is 18.8. The summed E-state index contributed by atoms with van der Waals surface area (Å²) in [5.41, 5.74) is 2.95. The van der Waals surface area contributed by atoms with Gasteiger partial charge in [-0.15, -0.1) is 0 Å². The molecule has 1 aliphatic carbocycles. The van der Waals surface area contributed by atoms with Crippen LogP contribution in [0.15, 0.2) is 54.6 Å². The van der Waals surface area contributed by atoms with E-state index >= 15 is 0 Å². The molecule has 3 aromatic rings. The van der Waals surface area contributed by atoms with Crippen molar-refractivity contribution < 1.29 is 14.3 Å². The summed E-state index contributed by atoms with van der Waals surface area (Å²) in [6.45, 7) is 2.29. The van der Waals surface area contributed by atoms with Crippen molar-refractivity contribution in [1.82, 2.24) is 19.8 Å². The Morgan fingerprint density at radius 3 is 2.64 bits per heavy atom. The minimum atomic E-state index is -0.170. The Hall–Kier alpha value is -3.19. The van der Waals surface area contributed by atoms with Gasteiger partial charge in [-0.1, -0.05) is 42.5 Å². The Labute approximate surface area is 193 Å². The largest absolute Gasteiger partial charge is 0.374 e. The number of aryl methyl sites for hydroxylation is 1. The summed E-state index contributed by atoms with van der Waals surface area (Å²) in [6, 6.07) is 17.8. The van der Waals surface area contributed by atoms with Crippen molar-refractivity contribution in [2.45, 2.75) is 38.3 Å². The van der Waals surface area contributed by atoms with Gasteiger partial charge in [-0.2, -0.15) is 0 Å². The van der Waals surface area contributed by atoms with E-state index in [0.717, 1.165) is 22.4 Å². The van der Waals surface area contributed by atoms with E-state index in [2.05, 4.69) is 9.97 Å². The number of nitrogens with zero attached hydrogens (tertiary/aromatic N) is 3. The number of hydrogen-bond acceptors (Lipinski definition) is 4. The Balaban J connectivity index is 1.25. The van der Waals surface area contributed by atoms with Gasteiger partial charge in [0.1, 0.15) is 5.82 Å². The lowest BCUT2D eigenvalue weighted by molar-refractivity contribution is -0.139.